The number of aliphatic hydroxyl groups excluding tert-OH is 2. The molecular weight excluding hydrogens is 403 g/mol. The van der Waals surface area contributed by atoms with Crippen molar-refractivity contribution in [1.29, 1.82) is 0 Å². The summed E-state index contributed by atoms with van der Waals surface area (Å²) in [6.07, 6.45) is -5.62. The average molecular weight is 425 g/mol. The van der Waals surface area contributed by atoms with Gasteiger partial charge in [-0.15, -0.1) is 0 Å². The predicted molar refractivity (Wildman–Crippen MR) is 91.1 cm³/mol. The van der Waals surface area contributed by atoms with Crippen LogP contribution in [0, 0.1) is 0 Å². The number of aromatic amines is 1. The second-order valence-electron chi connectivity index (χ2n) is 6.41. The van der Waals surface area contributed by atoms with E-state index in [4.69, 9.17) is 14.6 Å². The zero-order valence-electron chi connectivity index (χ0n) is 15.3. The fraction of sp³-hybridized carbons (Fsp3) is 0.688. The number of rotatable bonds is 9. The predicted octanol–water partition coefficient (Wildman–Crippen LogP) is -1.19. The number of hydrogen-bond acceptors (Lipinski definition) is 7. The first-order valence-corrected chi connectivity index (χ1v) is 8.85. The summed E-state index contributed by atoms with van der Waals surface area (Å²) in [4.78, 5) is 36.7. The maximum absolute atomic E-state index is 12.0. The molecule has 1 aliphatic heterocycles. The molecule has 1 aromatic rings. The molecule has 1 saturated heterocycles. The lowest BCUT2D eigenvalue weighted by Gasteiger charge is -2.15. The Morgan fingerprint density at radius 2 is 2.10 bits per heavy atom. The Hall–Kier alpha value is -2.22. The number of amides is 1. The molecule has 1 unspecified atom stereocenters. The van der Waals surface area contributed by atoms with Crippen molar-refractivity contribution in [2.75, 3.05) is 26.4 Å². The van der Waals surface area contributed by atoms with E-state index in [2.05, 4.69) is 4.98 Å². The third-order valence-corrected chi connectivity index (χ3v) is 4.26. The van der Waals surface area contributed by atoms with Gasteiger partial charge in [0.1, 0.15) is 12.3 Å². The molecule has 10 nitrogen and oxygen atoms in total. The Balaban J connectivity index is 1.82. The fourth-order valence-electron chi connectivity index (χ4n) is 2.77. The number of hydrogen-bond donors (Lipinski definition) is 4. The van der Waals surface area contributed by atoms with Crippen LogP contribution in [0.4, 0.5) is 13.2 Å². The van der Waals surface area contributed by atoms with Crippen LogP contribution in [0.2, 0.25) is 0 Å². The van der Waals surface area contributed by atoms with Gasteiger partial charge in [-0.1, -0.05) is 0 Å². The fourth-order valence-corrected chi connectivity index (χ4v) is 2.77. The second-order valence-corrected chi connectivity index (χ2v) is 6.41. The molecule has 2 heterocycles. The largest absolute Gasteiger partial charge is 0.471 e. The summed E-state index contributed by atoms with van der Waals surface area (Å²) in [7, 11) is 0. The molecule has 164 valence electrons. The molecule has 29 heavy (non-hydrogen) atoms. The van der Waals surface area contributed by atoms with Crippen molar-refractivity contribution < 1.29 is 37.7 Å². The maximum Gasteiger partial charge on any atom is 0.471 e. The van der Waals surface area contributed by atoms with Gasteiger partial charge in [0.25, 0.3) is 5.56 Å². The number of carbonyl (C=O) groups excluding carboxylic acids is 1. The van der Waals surface area contributed by atoms with E-state index in [1.54, 1.807) is 5.32 Å². The second kappa shape index (κ2) is 10.0. The van der Waals surface area contributed by atoms with E-state index in [0.717, 1.165) is 4.57 Å². The minimum Gasteiger partial charge on any atom is -0.394 e. The molecule has 0 bridgehead atoms. The molecular formula is C16H22F3N3O7. The van der Waals surface area contributed by atoms with E-state index in [0.29, 0.717) is 6.42 Å². The molecule has 0 saturated carbocycles. The number of H-pyrrole nitrogens is 1. The molecule has 3 atom stereocenters. The van der Waals surface area contributed by atoms with Gasteiger partial charge in [-0.05, 0) is 12.8 Å². The molecule has 1 fully saturated rings. The number of aromatic nitrogens is 2. The average Bonchev–Trinajstić information content (AvgIpc) is 3.01. The van der Waals surface area contributed by atoms with Crippen molar-refractivity contribution in [2.24, 2.45) is 0 Å². The lowest BCUT2D eigenvalue weighted by Crippen LogP contribution is -2.38. The zero-order chi connectivity index (χ0) is 21.6. The zero-order valence-corrected chi connectivity index (χ0v) is 15.3. The van der Waals surface area contributed by atoms with Gasteiger partial charge in [0.2, 0.25) is 0 Å². The van der Waals surface area contributed by atoms with Gasteiger partial charge in [-0.25, -0.2) is 4.79 Å². The molecule has 4 N–H and O–H groups in total. The Morgan fingerprint density at radius 1 is 1.38 bits per heavy atom. The lowest BCUT2D eigenvalue weighted by atomic mass is 10.2. The van der Waals surface area contributed by atoms with Crippen LogP contribution in [0.5, 0.6) is 0 Å². The molecule has 1 aromatic heterocycles. The minimum atomic E-state index is -4.94. The van der Waals surface area contributed by atoms with Gasteiger partial charge < -0.3 is 25.0 Å². The highest BCUT2D eigenvalue weighted by atomic mass is 19.4. The van der Waals surface area contributed by atoms with Gasteiger partial charge in [0, 0.05) is 31.3 Å². The van der Waals surface area contributed by atoms with Crippen LogP contribution in [-0.2, 0) is 20.7 Å². The summed E-state index contributed by atoms with van der Waals surface area (Å²) < 4.78 is 47.6. The molecule has 0 radical (unpaired) electrons. The number of halogens is 3. The van der Waals surface area contributed by atoms with Gasteiger partial charge in [0.05, 0.1) is 19.3 Å². The first-order valence-electron chi connectivity index (χ1n) is 8.85. The van der Waals surface area contributed by atoms with E-state index in [-0.39, 0.29) is 38.2 Å². The number of nitrogens with zero attached hydrogens (tertiary/aromatic N) is 1. The smallest absolute Gasteiger partial charge is 0.394 e. The van der Waals surface area contributed by atoms with Crippen molar-refractivity contribution in [1.82, 2.24) is 14.9 Å². The highest BCUT2D eigenvalue weighted by Gasteiger charge is 2.38. The van der Waals surface area contributed by atoms with Crippen LogP contribution >= 0.6 is 0 Å². The number of carbonyl (C=O) groups is 1. The van der Waals surface area contributed by atoms with Crippen molar-refractivity contribution in [3.8, 4) is 0 Å². The Morgan fingerprint density at radius 3 is 2.72 bits per heavy atom. The van der Waals surface area contributed by atoms with Crippen LogP contribution in [0.25, 0.3) is 0 Å². The number of aryl methyl sites for hydroxylation is 1. The summed E-state index contributed by atoms with van der Waals surface area (Å²) in [5.41, 5.74) is -1.06. The quantitative estimate of drug-likeness (QED) is 0.364. The SMILES string of the molecule is O=C(NCCOCCCc1cn([C@@H]2CC(O)[C@H](CO)O2)c(=O)[nH]c1=O)C(F)(F)F. The Labute approximate surface area is 162 Å². The van der Waals surface area contributed by atoms with E-state index in [1.165, 1.54) is 6.20 Å². The highest BCUT2D eigenvalue weighted by molar-refractivity contribution is 5.81. The molecule has 13 heteroatoms. The third-order valence-electron chi connectivity index (χ3n) is 4.26. The summed E-state index contributed by atoms with van der Waals surface area (Å²) in [6.45, 7) is -0.736. The van der Waals surface area contributed by atoms with Crippen molar-refractivity contribution in [2.45, 2.75) is 43.9 Å². The summed E-state index contributed by atoms with van der Waals surface area (Å²) in [5.74, 6) is -2.04. The molecule has 1 amide bonds. The number of ether oxygens (including phenoxy) is 2. The Kier molecular flexibility index (Phi) is 7.96. The normalized spacial score (nSPS) is 22.0. The van der Waals surface area contributed by atoms with Crippen molar-refractivity contribution in [3.05, 3.63) is 32.6 Å². The third kappa shape index (κ3) is 6.39. The van der Waals surface area contributed by atoms with Crippen molar-refractivity contribution >= 4 is 5.91 Å². The standard InChI is InChI=1S/C16H22F3N3O7/c17-16(18,19)14(26)20-3-5-28-4-1-2-9-7-22(15(27)21-13(9)25)12-6-10(24)11(8-23)29-12/h7,10-12,23-24H,1-6,8H2,(H,20,26)(H,21,25,27)/t10?,11-,12-/m0/s1. The lowest BCUT2D eigenvalue weighted by molar-refractivity contribution is -0.173. The van der Waals surface area contributed by atoms with E-state index >= 15 is 0 Å². The molecule has 1 aliphatic rings. The van der Waals surface area contributed by atoms with Crippen LogP contribution in [0.1, 0.15) is 24.6 Å². The van der Waals surface area contributed by atoms with E-state index < -0.39 is 48.4 Å². The van der Waals surface area contributed by atoms with Crippen LogP contribution in [-0.4, -0.2) is 70.4 Å². The number of aliphatic hydroxyl groups is 2. The number of nitrogens with one attached hydrogen (secondary N) is 2. The van der Waals surface area contributed by atoms with Crippen LogP contribution in [0.15, 0.2) is 15.8 Å². The Bertz CT molecular complexity index is 808. The summed E-state index contributed by atoms with van der Waals surface area (Å²) in [5, 5.41) is 20.6. The highest BCUT2D eigenvalue weighted by Crippen LogP contribution is 2.27. The van der Waals surface area contributed by atoms with Gasteiger partial charge in [-0.2, -0.15) is 13.2 Å². The monoisotopic (exact) mass is 425 g/mol. The maximum atomic E-state index is 12.0. The molecule has 2 rings (SSSR count). The minimum absolute atomic E-state index is 0.0728. The molecule has 0 aromatic carbocycles. The van der Waals surface area contributed by atoms with E-state index in [9.17, 15) is 32.7 Å². The molecule has 0 aliphatic carbocycles. The summed E-state index contributed by atoms with van der Waals surface area (Å²) >= 11 is 0. The first-order chi connectivity index (χ1) is 13.6. The number of alkyl halides is 3. The summed E-state index contributed by atoms with van der Waals surface area (Å²) in [6, 6.07) is 0. The van der Waals surface area contributed by atoms with Crippen LogP contribution < -0.4 is 16.6 Å². The van der Waals surface area contributed by atoms with Gasteiger partial charge >= 0.3 is 17.8 Å². The molecule has 0 spiro atoms. The van der Waals surface area contributed by atoms with E-state index in [1.807, 2.05) is 0 Å². The van der Waals surface area contributed by atoms with Crippen molar-refractivity contribution in [3.63, 3.8) is 0 Å². The first kappa shape index (κ1) is 23.1. The topological polar surface area (TPSA) is 143 Å². The van der Waals surface area contributed by atoms with Crippen LogP contribution in [0.3, 0.4) is 0 Å². The van der Waals surface area contributed by atoms with Gasteiger partial charge in [0.15, 0.2) is 0 Å². The van der Waals surface area contributed by atoms with Gasteiger partial charge in [-0.3, -0.25) is 19.1 Å².